The Bertz CT molecular complexity index is 841. The van der Waals surface area contributed by atoms with Gasteiger partial charge in [-0.05, 0) is 23.6 Å². The number of anilines is 1. The Balaban J connectivity index is 1.54. The van der Waals surface area contributed by atoms with Crippen LogP contribution in [0.3, 0.4) is 0 Å². The van der Waals surface area contributed by atoms with Crippen LogP contribution < -0.4 is 4.90 Å². The predicted octanol–water partition coefficient (Wildman–Crippen LogP) is 3.94. The topological polar surface area (TPSA) is 33.2 Å². The second-order valence-corrected chi connectivity index (χ2v) is 6.57. The second-order valence-electron chi connectivity index (χ2n) is 5.62. The summed E-state index contributed by atoms with van der Waals surface area (Å²) in [6.45, 7) is 0.740. The van der Waals surface area contributed by atoms with Gasteiger partial charge in [-0.1, -0.05) is 48.5 Å². The fourth-order valence-electron chi connectivity index (χ4n) is 2.95. The zero-order valence-electron chi connectivity index (χ0n) is 12.6. The number of hydrogen-bond acceptors (Lipinski definition) is 3. The van der Waals surface area contributed by atoms with Gasteiger partial charge in [-0.3, -0.25) is 4.79 Å². The quantitative estimate of drug-likeness (QED) is 0.732. The lowest BCUT2D eigenvalue weighted by molar-refractivity contribution is 0.0985. The number of aromatic nitrogens is 1. The summed E-state index contributed by atoms with van der Waals surface area (Å²) in [5.74, 6) is 0.00510. The molecule has 2 aromatic carbocycles. The number of fused-ring (bicyclic) bond motifs is 1. The summed E-state index contributed by atoms with van der Waals surface area (Å²) in [6.07, 6.45) is 1.69. The Morgan fingerprint density at radius 1 is 1.09 bits per heavy atom. The molecule has 3 aromatic rings. The first-order valence-corrected chi connectivity index (χ1v) is 8.57. The van der Waals surface area contributed by atoms with Gasteiger partial charge in [0.15, 0.2) is 0 Å². The van der Waals surface area contributed by atoms with Crippen molar-refractivity contribution in [3.05, 3.63) is 81.8 Å². The Morgan fingerprint density at radius 2 is 1.87 bits per heavy atom. The number of carbonyl (C=O) groups excluding carboxylic acids is 1. The molecular weight excluding hydrogens is 304 g/mol. The minimum Gasteiger partial charge on any atom is -0.306 e. The first-order chi connectivity index (χ1) is 11.3. The van der Waals surface area contributed by atoms with E-state index in [0.717, 1.165) is 30.1 Å². The van der Waals surface area contributed by atoms with Gasteiger partial charge in [-0.25, -0.2) is 4.98 Å². The van der Waals surface area contributed by atoms with Crippen LogP contribution in [0, 0.1) is 0 Å². The summed E-state index contributed by atoms with van der Waals surface area (Å²) in [6, 6.07) is 18.3. The molecule has 0 saturated carbocycles. The van der Waals surface area contributed by atoms with Gasteiger partial charge in [-0.2, -0.15) is 0 Å². The maximum Gasteiger partial charge on any atom is 0.277 e. The van der Waals surface area contributed by atoms with Gasteiger partial charge >= 0.3 is 0 Å². The van der Waals surface area contributed by atoms with Crippen molar-refractivity contribution in [2.45, 2.75) is 12.8 Å². The SMILES string of the molecule is O=C(c1csc(Cc2ccccc2)n1)N1CCc2ccccc21. The lowest BCUT2D eigenvalue weighted by Crippen LogP contribution is -2.29. The van der Waals surface area contributed by atoms with Crippen LogP contribution >= 0.6 is 11.3 Å². The third-order valence-electron chi connectivity index (χ3n) is 4.10. The average Bonchev–Trinajstić information content (AvgIpc) is 3.22. The zero-order valence-corrected chi connectivity index (χ0v) is 13.4. The molecule has 2 heterocycles. The number of para-hydroxylation sites is 1. The highest BCUT2D eigenvalue weighted by molar-refractivity contribution is 7.09. The molecule has 114 valence electrons. The molecule has 1 aliphatic rings. The smallest absolute Gasteiger partial charge is 0.277 e. The fourth-order valence-corrected chi connectivity index (χ4v) is 3.75. The number of amides is 1. The lowest BCUT2D eigenvalue weighted by atomic mass is 10.2. The Hall–Kier alpha value is -2.46. The molecule has 4 rings (SSSR count). The van der Waals surface area contributed by atoms with E-state index in [0.29, 0.717) is 5.69 Å². The maximum absolute atomic E-state index is 12.7. The first kappa shape index (κ1) is 14.2. The van der Waals surface area contributed by atoms with E-state index in [1.807, 2.05) is 46.7 Å². The molecule has 0 bridgehead atoms. The molecule has 4 heteroatoms. The molecule has 0 N–H and O–H groups in total. The largest absolute Gasteiger partial charge is 0.306 e. The molecule has 1 aliphatic heterocycles. The van der Waals surface area contributed by atoms with E-state index >= 15 is 0 Å². The molecule has 0 fully saturated rings. The van der Waals surface area contributed by atoms with E-state index in [9.17, 15) is 4.79 Å². The highest BCUT2D eigenvalue weighted by Gasteiger charge is 2.26. The van der Waals surface area contributed by atoms with Crippen molar-refractivity contribution in [1.29, 1.82) is 0 Å². The van der Waals surface area contributed by atoms with Crippen molar-refractivity contribution in [3.63, 3.8) is 0 Å². The predicted molar refractivity (Wildman–Crippen MR) is 93.2 cm³/mol. The lowest BCUT2D eigenvalue weighted by Gasteiger charge is -2.15. The number of benzene rings is 2. The monoisotopic (exact) mass is 320 g/mol. The van der Waals surface area contributed by atoms with Gasteiger partial charge in [0.2, 0.25) is 0 Å². The number of hydrogen-bond donors (Lipinski definition) is 0. The van der Waals surface area contributed by atoms with Crippen molar-refractivity contribution < 1.29 is 4.79 Å². The molecule has 0 spiro atoms. The molecule has 0 radical (unpaired) electrons. The maximum atomic E-state index is 12.7. The van der Waals surface area contributed by atoms with E-state index in [2.05, 4.69) is 23.2 Å². The van der Waals surface area contributed by atoms with Crippen molar-refractivity contribution in [1.82, 2.24) is 4.98 Å². The standard InChI is InChI=1S/C19H16N2OS/c22-19(21-11-10-15-8-4-5-9-17(15)21)16-13-23-18(20-16)12-14-6-2-1-3-7-14/h1-9,13H,10-12H2. The third-order valence-corrected chi connectivity index (χ3v) is 4.95. The highest BCUT2D eigenvalue weighted by atomic mass is 32.1. The number of rotatable bonds is 3. The number of thiazole rings is 1. The van der Waals surface area contributed by atoms with Crippen molar-refractivity contribution >= 4 is 22.9 Å². The molecule has 1 amide bonds. The van der Waals surface area contributed by atoms with E-state index in [1.54, 1.807) is 11.3 Å². The molecule has 0 saturated heterocycles. The molecular formula is C19H16N2OS. The molecule has 23 heavy (non-hydrogen) atoms. The zero-order chi connectivity index (χ0) is 15.6. The Kier molecular flexibility index (Phi) is 3.67. The van der Waals surface area contributed by atoms with Crippen LogP contribution in [-0.4, -0.2) is 17.4 Å². The van der Waals surface area contributed by atoms with Crippen LogP contribution in [-0.2, 0) is 12.8 Å². The Morgan fingerprint density at radius 3 is 2.74 bits per heavy atom. The molecule has 3 nitrogen and oxygen atoms in total. The van der Waals surface area contributed by atoms with Crippen molar-refractivity contribution in [2.75, 3.05) is 11.4 Å². The molecule has 0 unspecified atom stereocenters. The minimum absolute atomic E-state index is 0.00510. The van der Waals surface area contributed by atoms with Gasteiger partial charge in [0.1, 0.15) is 5.69 Å². The summed E-state index contributed by atoms with van der Waals surface area (Å²) < 4.78 is 0. The summed E-state index contributed by atoms with van der Waals surface area (Å²) >= 11 is 1.55. The van der Waals surface area contributed by atoms with E-state index < -0.39 is 0 Å². The summed E-state index contributed by atoms with van der Waals surface area (Å²) in [4.78, 5) is 19.1. The normalized spacial score (nSPS) is 13.1. The summed E-state index contributed by atoms with van der Waals surface area (Å²) in [7, 11) is 0. The van der Waals surface area contributed by atoms with Crippen LogP contribution in [0.1, 0.15) is 26.6 Å². The summed E-state index contributed by atoms with van der Waals surface area (Å²) in [5, 5.41) is 2.86. The molecule has 0 aliphatic carbocycles. The summed E-state index contributed by atoms with van der Waals surface area (Å²) in [5.41, 5.74) is 4.03. The van der Waals surface area contributed by atoms with Crippen molar-refractivity contribution in [2.24, 2.45) is 0 Å². The molecule has 1 aromatic heterocycles. The van der Waals surface area contributed by atoms with Crippen LogP contribution in [0.5, 0.6) is 0 Å². The van der Waals surface area contributed by atoms with Crippen molar-refractivity contribution in [3.8, 4) is 0 Å². The van der Waals surface area contributed by atoms with Crippen LogP contribution in [0.15, 0.2) is 60.0 Å². The third kappa shape index (κ3) is 2.78. The fraction of sp³-hybridized carbons (Fsp3) is 0.158. The number of carbonyl (C=O) groups is 1. The molecule has 0 atom stereocenters. The average molecular weight is 320 g/mol. The second kappa shape index (κ2) is 5.97. The van der Waals surface area contributed by atoms with Gasteiger partial charge in [0.25, 0.3) is 5.91 Å². The Labute approximate surface area is 139 Å². The van der Waals surface area contributed by atoms with Gasteiger partial charge in [-0.15, -0.1) is 11.3 Å². The minimum atomic E-state index is 0.00510. The van der Waals surface area contributed by atoms with Gasteiger partial charge in [0.05, 0.1) is 5.01 Å². The van der Waals surface area contributed by atoms with E-state index in [-0.39, 0.29) is 5.91 Å². The van der Waals surface area contributed by atoms with Gasteiger partial charge < -0.3 is 4.90 Å². The number of nitrogens with zero attached hydrogens (tertiary/aromatic N) is 2. The van der Waals surface area contributed by atoms with Crippen LogP contribution in [0.25, 0.3) is 0 Å². The van der Waals surface area contributed by atoms with E-state index in [1.165, 1.54) is 11.1 Å². The van der Waals surface area contributed by atoms with Crippen LogP contribution in [0.2, 0.25) is 0 Å². The van der Waals surface area contributed by atoms with Gasteiger partial charge in [0, 0.05) is 24.0 Å². The first-order valence-electron chi connectivity index (χ1n) is 7.69. The van der Waals surface area contributed by atoms with E-state index in [4.69, 9.17) is 0 Å². The highest BCUT2D eigenvalue weighted by Crippen LogP contribution is 2.29. The van der Waals surface area contributed by atoms with Crippen LogP contribution in [0.4, 0.5) is 5.69 Å².